The quantitative estimate of drug-likeness (QED) is 0.802. The number of hydrogen-bond acceptors (Lipinski definition) is 2. The molecular weight excluding hydrogens is 256 g/mol. The zero-order valence-electron chi connectivity index (χ0n) is 12.5. The molecule has 0 aliphatic carbocycles. The van der Waals surface area contributed by atoms with Crippen LogP contribution in [0.25, 0.3) is 5.57 Å². The molecular formula is C19H20N2. The Hall–Kier alpha value is -2.48. The van der Waals surface area contributed by atoms with Crippen LogP contribution in [0.5, 0.6) is 0 Å². The Kier molecular flexibility index (Phi) is 3.78. The number of allylic oxidation sites excluding steroid dienone is 2. The van der Waals surface area contributed by atoms with Gasteiger partial charge in [-0.15, -0.1) is 0 Å². The van der Waals surface area contributed by atoms with Gasteiger partial charge in [-0.3, -0.25) is 10.0 Å². The smallest absolute Gasteiger partial charge is 0.0625 e. The van der Waals surface area contributed by atoms with E-state index in [1.807, 2.05) is 12.1 Å². The molecule has 0 N–H and O–H groups in total. The molecule has 1 heterocycles. The van der Waals surface area contributed by atoms with Crippen LogP contribution in [-0.2, 0) is 0 Å². The van der Waals surface area contributed by atoms with Gasteiger partial charge in [0.1, 0.15) is 0 Å². The van der Waals surface area contributed by atoms with Crippen LogP contribution in [0.15, 0.2) is 79.1 Å². The van der Waals surface area contributed by atoms with E-state index in [0.717, 1.165) is 0 Å². The molecule has 0 amide bonds. The first-order valence-electron chi connectivity index (χ1n) is 7.33. The van der Waals surface area contributed by atoms with Crippen LogP contribution in [0.4, 0.5) is 5.69 Å². The van der Waals surface area contributed by atoms with Crippen LogP contribution in [0, 0.1) is 0 Å². The number of hydrogen-bond donors (Lipinski definition) is 0. The summed E-state index contributed by atoms with van der Waals surface area (Å²) in [5.74, 6) is 0. The van der Waals surface area contributed by atoms with Gasteiger partial charge in [0.15, 0.2) is 0 Å². The van der Waals surface area contributed by atoms with E-state index in [-0.39, 0.29) is 0 Å². The molecule has 2 nitrogen and oxygen atoms in total. The third-order valence-electron chi connectivity index (χ3n) is 3.57. The molecule has 0 radical (unpaired) electrons. The predicted molar refractivity (Wildman–Crippen MR) is 89.5 cm³/mol. The van der Waals surface area contributed by atoms with Crippen LogP contribution in [0.3, 0.4) is 0 Å². The fraction of sp³-hybridized carbons (Fsp3) is 0.158. The molecule has 0 bridgehead atoms. The molecule has 0 unspecified atom stereocenters. The highest BCUT2D eigenvalue weighted by Crippen LogP contribution is 2.27. The molecule has 106 valence electrons. The Morgan fingerprint density at radius 3 is 2.05 bits per heavy atom. The molecule has 2 aromatic rings. The van der Waals surface area contributed by atoms with Crippen molar-refractivity contribution in [1.29, 1.82) is 0 Å². The molecule has 0 atom stereocenters. The third kappa shape index (κ3) is 2.84. The van der Waals surface area contributed by atoms with E-state index in [4.69, 9.17) is 0 Å². The summed E-state index contributed by atoms with van der Waals surface area (Å²) >= 11 is 0. The Morgan fingerprint density at radius 1 is 0.810 bits per heavy atom. The normalized spacial score (nSPS) is 14.5. The molecule has 0 saturated carbocycles. The first-order valence-corrected chi connectivity index (χ1v) is 7.33. The van der Waals surface area contributed by atoms with E-state index >= 15 is 0 Å². The molecule has 1 aliphatic heterocycles. The highest BCUT2D eigenvalue weighted by Gasteiger charge is 2.18. The topological polar surface area (TPSA) is 6.48 Å². The van der Waals surface area contributed by atoms with Gasteiger partial charge >= 0.3 is 0 Å². The van der Waals surface area contributed by atoms with Crippen molar-refractivity contribution in [3.05, 3.63) is 84.7 Å². The summed E-state index contributed by atoms with van der Waals surface area (Å²) in [5.41, 5.74) is 3.62. The molecule has 0 aromatic heterocycles. The SMILES string of the molecule is CC(C)N1C=CC(c2ccccc2)=CN1c1ccccc1. The number of nitrogens with zero attached hydrogens (tertiary/aromatic N) is 2. The third-order valence-corrected chi connectivity index (χ3v) is 3.57. The Bertz CT molecular complexity index is 642. The van der Waals surface area contributed by atoms with Crippen molar-refractivity contribution in [3.63, 3.8) is 0 Å². The van der Waals surface area contributed by atoms with E-state index < -0.39 is 0 Å². The number of para-hydroxylation sites is 1. The van der Waals surface area contributed by atoms with Gasteiger partial charge in [-0.25, -0.2) is 0 Å². The van der Waals surface area contributed by atoms with Crippen molar-refractivity contribution < 1.29 is 0 Å². The second kappa shape index (κ2) is 5.88. The lowest BCUT2D eigenvalue weighted by Gasteiger charge is -2.39. The molecule has 21 heavy (non-hydrogen) atoms. The number of rotatable bonds is 3. The number of benzene rings is 2. The van der Waals surface area contributed by atoms with Crippen molar-refractivity contribution in [2.75, 3.05) is 5.01 Å². The van der Waals surface area contributed by atoms with Crippen LogP contribution in [-0.4, -0.2) is 11.1 Å². The van der Waals surface area contributed by atoms with Crippen LogP contribution in [0.1, 0.15) is 19.4 Å². The van der Waals surface area contributed by atoms with E-state index in [2.05, 4.69) is 90.9 Å². The van der Waals surface area contributed by atoms with E-state index in [9.17, 15) is 0 Å². The molecule has 0 fully saturated rings. The molecule has 3 rings (SSSR count). The van der Waals surface area contributed by atoms with Crippen LogP contribution >= 0.6 is 0 Å². The second-order valence-corrected chi connectivity index (χ2v) is 5.42. The van der Waals surface area contributed by atoms with E-state index in [1.165, 1.54) is 16.8 Å². The Morgan fingerprint density at radius 2 is 1.43 bits per heavy atom. The molecule has 2 heteroatoms. The summed E-state index contributed by atoms with van der Waals surface area (Å²) < 4.78 is 0. The fourth-order valence-electron chi connectivity index (χ4n) is 2.48. The Labute approximate surface area is 126 Å². The lowest BCUT2D eigenvalue weighted by molar-refractivity contribution is 0.310. The maximum atomic E-state index is 2.24. The standard InChI is InChI=1S/C19H20N2/c1-16(2)20-14-13-18(17-9-5-3-6-10-17)15-21(20)19-11-7-4-8-12-19/h3-16H,1-2H3. The monoisotopic (exact) mass is 276 g/mol. The predicted octanol–water partition coefficient (Wildman–Crippen LogP) is 4.69. The first kappa shape index (κ1) is 13.5. The summed E-state index contributed by atoms with van der Waals surface area (Å²) in [6.07, 6.45) is 6.53. The largest absolute Gasteiger partial charge is 0.286 e. The van der Waals surface area contributed by atoms with Crippen LogP contribution < -0.4 is 5.01 Å². The molecule has 2 aromatic carbocycles. The van der Waals surface area contributed by atoms with Crippen molar-refractivity contribution >= 4 is 11.3 Å². The van der Waals surface area contributed by atoms with E-state index in [1.54, 1.807) is 0 Å². The summed E-state index contributed by atoms with van der Waals surface area (Å²) in [6.45, 7) is 4.39. The minimum absolute atomic E-state index is 0.398. The lowest BCUT2D eigenvalue weighted by Crippen LogP contribution is -2.41. The summed E-state index contributed by atoms with van der Waals surface area (Å²) in [7, 11) is 0. The lowest BCUT2D eigenvalue weighted by atomic mass is 10.1. The summed E-state index contributed by atoms with van der Waals surface area (Å²) in [6, 6.07) is 21.3. The zero-order chi connectivity index (χ0) is 14.7. The highest BCUT2D eigenvalue weighted by atomic mass is 15.6. The van der Waals surface area contributed by atoms with Gasteiger partial charge in [0.05, 0.1) is 5.69 Å². The van der Waals surface area contributed by atoms with Gasteiger partial charge < -0.3 is 0 Å². The highest BCUT2D eigenvalue weighted by molar-refractivity contribution is 5.77. The fourth-order valence-corrected chi connectivity index (χ4v) is 2.48. The van der Waals surface area contributed by atoms with Gasteiger partial charge in [0.2, 0.25) is 0 Å². The van der Waals surface area contributed by atoms with Crippen molar-refractivity contribution in [2.45, 2.75) is 19.9 Å². The maximum absolute atomic E-state index is 2.24. The van der Waals surface area contributed by atoms with Gasteiger partial charge in [0.25, 0.3) is 0 Å². The molecule has 0 spiro atoms. The van der Waals surface area contributed by atoms with Gasteiger partial charge in [-0.05, 0) is 37.6 Å². The van der Waals surface area contributed by atoms with Gasteiger partial charge in [-0.2, -0.15) is 0 Å². The van der Waals surface area contributed by atoms with Crippen LogP contribution in [0.2, 0.25) is 0 Å². The molecule has 1 aliphatic rings. The average molecular weight is 276 g/mol. The maximum Gasteiger partial charge on any atom is 0.0625 e. The van der Waals surface area contributed by atoms with Gasteiger partial charge in [-0.1, -0.05) is 48.5 Å². The van der Waals surface area contributed by atoms with Gasteiger partial charge in [0, 0.05) is 24.0 Å². The van der Waals surface area contributed by atoms with Crippen molar-refractivity contribution in [2.24, 2.45) is 0 Å². The first-order chi connectivity index (χ1) is 10.3. The summed E-state index contributed by atoms with van der Waals surface area (Å²) in [4.78, 5) is 0. The Balaban J connectivity index is 2.00. The van der Waals surface area contributed by atoms with Crippen molar-refractivity contribution in [3.8, 4) is 0 Å². The minimum Gasteiger partial charge on any atom is -0.286 e. The summed E-state index contributed by atoms with van der Waals surface area (Å²) in [5, 5.41) is 4.45. The zero-order valence-corrected chi connectivity index (χ0v) is 12.5. The number of anilines is 1. The second-order valence-electron chi connectivity index (χ2n) is 5.42. The average Bonchev–Trinajstić information content (AvgIpc) is 2.56. The van der Waals surface area contributed by atoms with Crippen molar-refractivity contribution in [1.82, 2.24) is 5.01 Å². The molecule has 0 saturated heterocycles. The minimum atomic E-state index is 0.398. The van der Waals surface area contributed by atoms with E-state index in [0.29, 0.717) is 6.04 Å². The number of hydrazine groups is 1.